The third-order valence-electron chi connectivity index (χ3n) is 4.08. The Morgan fingerprint density at radius 2 is 1.95 bits per heavy atom. The summed E-state index contributed by atoms with van der Waals surface area (Å²) < 4.78 is 13.8. The number of aliphatic imine (C=N–C) groups is 1. The summed E-state index contributed by atoms with van der Waals surface area (Å²) in [5, 5.41) is 6.90. The predicted molar refractivity (Wildman–Crippen MR) is 99.4 cm³/mol. The van der Waals surface area contributed by atoms with Crippen LogP contribution in [0.4, 0.5) is 4.39 Å². The van der Waals surface area contributed by atoms with Gasteiger partial charge in [0.15, 0.2) is 5.96 Å². The minimum atomic E-state index is -0.103. The number of halogens is 2. The molecule has 0 aliphatic heterocycles. The van der Waals surface area contributed by atoms with Gasteiger partial charge in [0.2, 0.25) is 0 Å². The summed E-state index contributed by atoms with van der Waals surface area (Å²) in [6.07, 6.45) is 7.45. The van der Waals surface area contributed by atoms with Gasteiger partial charge in [-0.3, -0.25) is 4.99 Å². The fourth-order valence-corrected chi connectivity index (χ4v) is 2.87. The van der Waals surface area contributed by atoms with Crippen molar-refractivity contribution in [3.63, 3.8) is 0 Å². The monoisotopic (exact) mass is 415 g/mol. The van der Waals surface area contributed by atoms with Gasteiger partial charge in [0, 0.05) is 24.5 Å². The molecule has 0 aromatic heterocycles. The highest BCUT2D eigenvalue weighted by atomic mass is 127. The van der Waals surface area contributed by atoms with E-state index in [1.54, 1.807) is 6.07 Å². The van der Waals surface area contributed by atoms with Crippen LogP contribution in [0.5, 0.6) is 0 Å². The fraction of sp³-hybridized carbons (Fsp3) is 0.471. The van der Waals surface area contributed by atoms with E-state index in [2.05, 4.69) is 27.8 Å². The zero-order chi connectivity index (χ0) is 14.7. The van der Waals surface area contributed by atoms with Crippen molar-refractivity contribution in [1.82, 2.24) is 10.6 Å². The van der Waals surface area contributed by atoms with E-state index in [-0.39, 0.29) is 41.8 Å². The highest BCUT2D eigenvalue weighted by molar-refractivity contribution is 14.0. The number of nitrogens with zero attached hydrogens (tertiary/aromatic N) is 1. The first-order valence-corrected chi connectivity index (χ1v) is 7.75. The van der Waals surface area contributed by atoms with Gasteiger partial charge in [0.25, 0.3) is 0 Å². The fourth-order valence-electron chi connectivity index (χ4n) is 2.87. The standard InChI is InChI=1S/C17H22FN3.HI/c1-2-19-17(20-12-7-3-4-8-12)21-16-11-14(16)13-9-5-6-10-15(13)18;/h3-6,9-10,12,14,16H,2,7-8,11H2,1H3,(H2,19,20,21);1H. The molecule has 1 aromatic carbocycles. The lowest BCUT2D eigenvalue weighted by Gasteiger charge is -2.17. The van der Waals surface area contributed by atoms with E-state index >= 15 is 0 Å². The quantitative estimate of drug-likeness (QED) is 0.342. The Kier molecular flexibility index (Phi) is 6.23. The Morgan fingerprint density at radius 3 is 2.64 bits per heavy atom. The zero-order valence-electron chi connectivity index (χ0n) is 12.8. The molecule has 2 aliphatic carbocycles. The minimum absolute atomic E-state index is 0. The van der Waals surface area contributed by atoms with Crippen LogP contribution in [0.2, 0.25) is 0 Å². The Balaban J connectivity index is 0.00000176. The summed E-state index contributed by atoms with van der Waals surface area (Å²) in [5.74, 6) is 1.01. The molecule has 1 aromatic rings. The number of guanidine groups is 1. The van der Waals surface area contributed by atoms with E-state index in [1.807, 2.05) is 19.1 Å². The van der Waals surface area contributed by atoms with Crippen LogP contribution in [0.15, 0.2) is 41.4 Å². The highest BCUT2D eigenvalue weighted by Crippen LogP contribution is 2.41. The summed E-state index contributed by atoms with van der Waals surface area (Å²) in [5.41, 5.74) is 0.813. The average Bonchev–Trinajstić information content (AvgIpc) is 3.03. The third-order valence-corrected chi connectivity index (χ3v) is 4.08. The molecule has 1 saturated carbocycles. The molecule has 2 unspecified atom stereocenters. The molecule has 2 N–H and O–H groups in total. The van der Waals surface area contributed by atoms with Gasteiger partial charge in [-0.25, -0.2) is 4.39 Å². The number of nitrogens with one attached hydrogen (secondary N) is 2. The number of rotatable bonds is 4. The van der Waals surface area contributed by atoms with E-state index in [1.165, 1.54) is 6.07 Å². The second-order valence-corrected chi connectivity index (χ2v) is 5.72. The maximum absolute atomic E-state index is 13.8. The van der Waals surface area contributed by atoms with Crippen LogP contribution in [-0.2, 0) is 0 Å². The van der Waals surface area contributed by atoms with Crippen molar-refractivity contribution in [3.8, 4) is 0 Å². The van der Waals surface area contributed by atoms with Crippen molar-refractivity contribution in [3.05, 3.63) is 47.8 Å². The molecule has 2 atom stereocenters. The van der Waals surface area contributed by atoms with Gasteiger partial charge in [0.05, 0.1) is 0 Å². The molecule has 3 rings (SSSR count). The maximum atomic E-state index is 13.8. The largest absolute Gasteiger partial charge is 0.353 e. The zero-order valence-corrected chi connectivity index (χ0v) is 15.1. The van der Waals surface area contributed by atoms with Crippen molar-refractivity contribution in [2.75, 3.05) is 6.54 Å². The van der Waals surface area contributed by atoms with E-state index < -0.39 is 0 Å². The predicted octanol–water partition coefficient (Wildman–Crippen LogP) is 3.57. The average molecular weight is 415 g/mol. The van der Waals surface area contributed by atoms with Crippen molar-refractivity contribution in [1.29, 1.82) is 0 Å². The van der Waals surface area contributed by atoms with Gasteiger partial charge in [-0.2, -0.15) is 0 Å². The van der Waals surface area contributed by atoms with Gasteiger partial charge in [-0.15, -0.1) is 24.0 Å². The smallest absolute Gasteiger partial charge is 0.191 e. The van der Waals surface area contributed by atoms with Crippen LogP contribution < -0.4 is 10.6 Å². The van der Waals surface area contributed by atoms with Gasteiger partial charge >= 0.3 is 0 Å². The molecular formula is C17H23FIN3. The summed E-state index contributed by atoms with van der Waals surface area (Å²) >= 11 is 0. The van der Waals surface area contributed by atoms with Gasteiger partial charge < -0.3 is 10.6 Å². The number of hydrogen-bond donors (Lipinski definition) is 2. The van der Waals surface area contributed by atoms with Crippen molar-refractivity contribution in [2.45, 2.75) is 44.2 Å². The number of hydrogen-bond acceptors (Lipinski definition) is 1. The van der Waals surface area contributed by atoms with Crippen LogP contribution in [0.1, 0.15) is 37.7 Å². The van der Waals surface area contributed by atoms with Gasteiger partial charge in [-0.05, 0) is 37.8 Å². The van der Waals surface area contributed by atoms with Gasteiger partial charge in [-0.1, -0.05) is 30.4 Å². The number of benzene rings is 1. The lowest BCUT2D eigenvalue weighted by molar-refractivity contribution is 0.605. The van der Waals surface area contributed by atoms with Gasteiger partial charge in [0.1, 0.15) is 5.82 Å². The van der Waals surface area contributed by atoms with Crippen LogP contribution in [-0.4, -0.2) is 24.6 Å². The molecule has 3 nitrogen and oxygen atoms in total. The molecule has 0 radical (unpaired) electrons. The van der Waals surface area contributed by atoms with E-state index in [0.29, 0.717) is 6.04 Å². The Bertz CT molecular complexity index is 551. The molecule has 120 valence electrons. The van der Waals surface area contributed by atoms with Crippen LogP contribution in [0.3, 0.4) is 0 Å². The summed E-state index contributed by atoms with van der Waals surface area (Å²) in [4.78, 5) is 4.49. The summed E-state index contributed by atoms with van der Waals surface area (Å²) in [7, 11) is 0. The van der Waals surface area contributed by atoms with E-state index in [9.17, 15) is 4.39 Å². The first-order valence-electron chi connectivity index (χ1n) is 7.75. The first kappa shape index (κ1) is 17.2. The molecule has 0 saturated heterocycles. The maximum Gasteiger partial charge on any atom is 0.191 e. The first-order chi connectivity index (χ1) is 10.3. The summed E-state index contributed by atoms with van der Waals surface area (Å²) in [6, 6.07) is 7.78. The van der Waals surface area contributed by atoms with Crippen molar-refractivity contribution < 1.29 is 4.39 Å². The Morgan fingerprint density at radius 1 is 1.23 bits per heavy atom. The van der Waals surface area contributed by atoms with Crippen molar-refractivity contribution in [2.24, 2.45) is 4.99 Å². The lowest BCUT2D eigenvalue weighted by atomic mass is 10.1. The molecule has 22 heavy (non-hydrogen) atoms. The van der Waals surface area contributed by atoms with E-state index in [4.69, 9.17) is 0 Å². The molecular weight excluding hydrogens is 392 g/mol. The van der Waals surface area contributed by atoms with Crippen LogP contribution >= 0.6 is 24.0 Å². The topological polar surface area (TPSA) is 36.4 Å². The molecule has 2 aliphatic rings. The normalized spacial score (nSPS) is 24.0. The molecule has 0 spiro atoms. The highest BCUT2D eigenvalue weighted by Gasteiger charge is 2.40. The van der Waals surface area contributed by atoms with Crippen molar-refractivity contribution >= 4 is 29.9 Å². The van der Waals surface area contributed by atoms with E-state index in [0.717, 1.165) is 37.3 Å². The van der Waals surface area contributed by atoms with Crippen LogP contribution in [0.25, 0.3) is 0 Å². The molecule has 5 heteroatoms. The lowest BCUT2D eigenvalue weighted by Crippen LogP contribution is -2.43. The molecule has 0 amide bonds. The summed E-state index contributed by atoms with van der Waals surface area (Å²) in [6.45, 7) is 2.77. The second kappa shape index (κ2) is 7.94. The van der Waals surface area contributed by atoms with Crippen LogP contribution in [0, 0.1) is 5.82 Å². The molecule has 1 fully saturated rings. The third kappa shape index (κ3) is 4.21. The second-order valence-electron chi connectivity index (χ2n) is 5.72. The molecule has 0 bridgehead atoms. The Hall–Kier alpha value is -1.11. The minimum Gasteiger partial charge on any atom is -0.353 e. The Labute approximate surface area is 148 Å². The molecule has 0 heterocycles. The SMILES string of the molecule is CCN=C(NC1CC=CC1)NC1CC1c1ccccc1F.I.